The largest absolute Gasteiger partial charge is 0.606 e. The topological polar surface area (TPSA) is 50.8 Å². The number of unbranched alkanes of at least 4 members (excludes halogenated alkanes) is 1. The lowest BCUT2D eigenvalue weighted by atomic mass is 9.90. The van der Waals surface area contributed by atoms with Gasteiger partial charge in [-0.05, 0) is 39.7 Å². The number of rotatable bonds is 6. The summed E-state index contributed by atoms with van der Waals surface area (Å²) in [7, 11) is -3.57. The first kappa shape index (κ1) is 17.8. The van der Waals surface area contributed by atoms with Gasteiger partial charge < -0.3 is 4.89 Å². The smallest absolute Gasteiger partial charge is 0.381 e. The third-order valence-electron chi connectivity index (χ3n) is 4.38. The van der Waals surface area contributed by atoms with Crippen LogP contribution in [0, 0.1) is 0 Å². The van der Waals surface area contributed by atoms with E-state index in [-0.39, 0.29) is 6.10 Å². The van der Waals surface area contributed by atoms with Crippen LogP contribution >= 0.6 is 8.17 Å². The van der Waals surface area contributed by atoms with Crippen molar-refractivity contribution in [2.75, 3.05) is 0 Å². The predicted octanol–water partition coefficient (Wildman–Crippen LogP) is 4.58. The third-order valence-corrected chi connectivity index (χ3v) is 6.25. The van der Waals surface area contributed by atoms with Gasteiger partial charge in [0.15, 0.2) is 0 Å². The molecule has 124 valence electrons. The maximum absolute atomic E-state index is 12.9. The lowest BCUT2D eigenvalue weighted by molar-refractivity contribution is -0.246. The van der Waals surface area contributed by atoms with Crippen molar-refractivity contribution in [3.05, 3.63) is 35.9 Å². The first-order valence-electron chi connectivity index (χ1n) is 7.94. The van der Waals surface area contributed by atoms with Crippen LogP contribution in [-0.4, -0.2) is 11.2 Å². The highest BCUT2D eigenvalue weighted by atomic mass is 31.2. The first-order valence-corrected chi connectivity index (χ1v) is 9.40. The Morgan fingerprint density at radius 2 is 1.64 bits per heavy atom. The van der Waals surface area contributed by atoms with Gasteiger partial charge in [0, 0.05) is 0 Å². The molecule has 0 N–H and O–H groups in total. The zero-order valence-corrected chi connectivity index (χ0v) is 15.1. The molecule has 1 unspecified atom stereocenters. The molecule has 0 radical (unpaired) electrons. The number of phosphoric ester groups is 1. The van der Waals surface area contributed by atoms with E-state index in [9.17, 15) is 4.89 Å². The van der Waals surface area contributed by atoms with E-state index in [1.54, 1.807) is 0 Å². The molecule has 1 fully saturated rings. The van der Waals surface area contributed by atoms with Crippen LogP contribution in [0.1, 0.15) is 65.5 Å². The summed E-state index contributed by atoms with van der Waals surface area (Å²) >= 11 is 0. The van der Waals surface area contributed by atoms with Gasteiger partial charge in [-0.3, -0.25) is 0 Å². The van der Waals surface area contributed by atoms with E-state index < -0.39 is 19.4 Å². The Morgan fingerprint density at radius 1 is 1.09 bits per heavy atom. The summed E-state index contributed by atoms with van der Waals surface area (Å²) in [4.78, 5) is 12.9. The molecule has 1 aromatic rings. The molecular formula is C17H27O4P. The van der Waals surface area contributed by atoms with Gasteiger partial charge >= 0.3 is 8.17 Å². The van der Waals surface area contributed by atoms with Gasteiger partial charge in [0.05, 0.1) is 0 Å². The second kappa shape index (κ2) is 6.54. The number of phosphoric acid groups is 1. The fraction of sp³-hybridized carbons (Fsp3) is 0.647. The van der Waals surface area contributed by atoms with Crippen LogP contribution in [0.4, 0.5) is 0 Å². The minimum Gasteiger partial charge on any atom is -0.606 e. The Balaban J connectivity index is 2.17. The summed E-state index contributed by atoms with van der Waals surface area (Å²) in [5.74, 6) is 0. The van der Waals surface area contributed by atoms with E-state index >= 15 is 0 Å². The van der Waals surface area contributed by atoms with Crippen molar-refractivity contribution < 1.29 is 18.5 Å². The molecule has 1 saturated heterocycles. The SMILES string of the molecule is CCCCC(O[P+]1([O-])OC(C)(C)C(C)(C)O1)c1ccccc1. The maximum atomic E-state index is 12.9. The van der Waals surface area contributed by atoms with E-state index in [1.165, 1.54) is 0 Å². The van der Waals surface area contributed by atoms with Crippen molar-refractivity contribution >= 4 is 8.17 Å². The molecule has 0 aromatic heterocycles. The summed E-state index contributed by atoms with van der Waals surface area (Å²) in [5.41, 5.74) is -0.316. The molecular weight excluding hydrogens is 299 g/mol. The second-order valence-corrected chi connectivity index (χ2v) is 8.27. The molecule has 1 aliphatic heterocycles. The van der Waals surface area contributed by atoms with Gasteiger partial charge in [-0.25, -0.2) is 0 Å². The number of hydrogen-bond acceptors (Lipinski definition) is 4. The Bertz CT molecular complexity index is 471. The average Bonchev–Trinajstić information content (AvgIpc) is 2.59. The molecule has 22 heavy (non-hydrogen) atoms. The van der Waals surface area contributed by atoms with Crippen LogP contribution in [-0.2, 0) is 13.6 Å². The van der Waals surface area contributed by atoms with Crippen molar-refractivity contribution in [3.63, 3.8) is 0 Å². The molecule has 0 saturated carbocycles. The maximum Gasteiger partial charge on any atom is 0.381 e. The van der Waals surface area contributed by atoms with Gasteiger partial charge in [-0.2, -0.15) is 13.6 Å². The van der Waals surface area contributed by atoms with Crippen molar-refractivity contribution in [3.8, 4) is 0 Å². The monoisotopic (exact) mass is 326 g/mol. The summed E-state index contributed by atoms with van der Waals surface area (Å²) in [6.07, 6.45) is 2.55. The van der Waals surface area contributed by atoms with Crippen molar-refractivity contribution in [1.82, 2.24) is 0 Å². The minimum absolute atomic E-state index is 0.281. The Hall–Kier alpha value is -0.510. The molecule has 0 aliphatic carbocycles. The molecule has 1 atom stereocenters. The standard InChI is InChI=1S/C17H27O4P/c1-6-7-13-15(14-11-9-8-10-12-14)19-22(18)20-16(2,3)17(4,5)21-22/h8-12,15H,6-7,13H2,1-5H3. The predicted molar refractivity (Wildman–Crippen MR) is 87.0 cm³/mol. The lowest BCUT2D eigenvalue weighted by Crippen LogP contribution is -2.41. The molecule has 1 heterocycles. The molecule has 0 bridgehead atoms. The average molecular weight is 326 g/mol. The zero-order valence-electron chi connectivity index (χ0n) is 14.2. The summed E-state index contributed by atoms with van der Waals surface area (Å²) in [5, 5.41) is 0. The highest BCUT2D eigenvalue weighted by Gasteiger charge is 2.62. The highest BCUT2D eigenvalue weighted by Crippen LogP contribution is 2.69. The summed E-state index contributed by atoms with van der Waals surface area (Å²) in [6, 6.07) is 9.84. The van der Waals surface area contributed by atoms with Crippen LogP contribution in [0.3, 0.4) is 0 Å². The van der Waals surface area contributed by atoms with Crippen LogP contribution in [0.15, 0.2) is 30.3 Å². The van der Waals surface area contributed by atoms with Crippen LogP contribution < -0.4 is 4.89 Å². The van der Waals surface area contributed by atoms with Crippen LogP contribution in [0.2, 0.25) is 0 Å². The molecule has 5 heteroatoms. The quantitative estimate of drug-likeness (QED) is 0.718. The van der Waals surface area contributed by atoms with Gasteiger partial charge in [-0.15, -0.1) is 0 Å². The van der Waals surface area contributed by atoms with E-state index in [1.807, 2.05) is 58.0 Å². The molecule has 1 aliphatic rings. The van der Waals surface area contributed by atoms with E-state index in [0.717, 1.165) is 24.8 Å². The Labute approximate surface area is 134 Å². The van der Waals surface area contributed by atoms with E-state index in [0.29, 0.717) is 0 Å². The van der Waals surface area contributed by atoms with E-state index in [2.05, 4.69) is 6.92 Å². The summed E-state index contributed by atoms with van der Waals surface area (Å²) < 4.78 is 17.3. The number of benzene rings is 1. The highest BCUT2D eigenvalue weighted by molar-refractivity contribution is 7.54. The Morgan fingerprint density at radius 3 is 2.14 bits per heavy atom. The van der Waals surface area contributed by atoms with Gasteiger partial charge in [0.25, 0.3) is 0 Å². The Kier molecular flexibility index (Phi) is 5.31. The molecule has 0 amide bonds. The summed E-state index contributed by atoms with van der Waals surface area (Å²) in [6.45, 7) is 9.62. The normalized spacial score (nSPS) is 23.4. The van der Waals surface area contributed by atoms with Crippen molar-refractivity contribution in [2.45, 2.75) is 71.2 Å². The zero-order chi connectivity index (χ0) is 16.4. The number of hydrogen-bond donors (Lipinski definition) is 0. The lowest BCUT2D eigenvalue weighted by Gasteiger charge is -2.26. The van der Waals surface area contributed by atoms with Crippen LogP contribution in [0.5, 0.6) is 0 Å². The van der Waals surface area contributed by atoms with Gasteiger partial charge in [-0.1, -0.05) is 50.1 Å². The van der Waals surface area contributed by atoms with Crippen molar-refractivity contribution in [2.24, 2.45) is 0 Å². The fourth-order valence-electron chi connectivity index (χ4n) is 2.33. The first-order chi connectivity index (χ1) is 10.2. The van der Waals surface area contributed by atoms with Crippen LogP contribution in [0.25, 0.3) is 0 Å². The minimum atomic E-state index is -3.57. The molecule has 1 aromatic carbocycles. The molecule has 0 spiro atoms. The second-order valence-electron chi connectivity index (χ2n) is 6.80. The van der Waals surface area contributed by atoms with Gasteiger partial charge in [0.2, 0.25) is 0 Å². The fourth-order valence-corrected chi connectivity index (χ4v) is 4.55. The van der Waals surface area contributed by atoms with E-state index in [4.69, 9.17) is 13.6 Å². The molecule has 4 nitrogen and oxygen atoms in total. The van der Waals surface area contributed by atoms with Crippen molar-refractivity contribution in [1.29, 1.82) is 0 Å². The van der Waals surface area contributed by atoms with Gasteiger partial charge in [0.1, 0.15) is 17.3 Å². The third kappa shape index (κ3) is 3.87. The molecule has 2 rings (SSSR count).